The number of aryl methyl sites for hydroxylation is 1. The summed E-state index contributed by atoms with van der Waals surface area (Å²) in [6, 6.07) is 4.04. The van der Waals surface area contributed by atoms with E-state index in [-0.39, 0.29) is 6.04 Å². The van der Waals surface area contributed by atoms with E-state index in [9.17, 15) is 0 Å². The SMILES string of the molecule is CCCC(N)c1cn(-c2c(Br)cc(C)cc2Br)nn1. The highest BCUT2D eigenvalue weighted by molar-refractivity contribution is 9.11. The molecule has 0 spiro atoms. The molecule has 0 saturated heterocycles. The molecule has 0 aliphatic rings. The van der Waals surface area contributed by atoms with E-state index < -0.39 is 0 Å². The molecule has 19 heavy (non-hydrogen) atoms. The number of nitrogens with two attached hydrogens (primary N) is 1. The predicted molar refractivity (Wildman–Crippen MR) is 83.3 cm³/mol. The van der Waals surface area contributed by atoms with Gasteiger partial charge in [0, 0.05) is 8.95 Å². The topological polar surface area (TPSA) is 56.7 Å². The maximum atomic E-state index is 6.06. The van der Waals surface area contributed by atoms with Crippen molar-refractivity contribution < 1.29 is 0 Å². The highest BCUT2D eigenvalue weighted by atomic mass is 79.9. The fraction of sp³-hybridized carbons (Fsp3) is 0.385. The lowest BCUT2D eigenvalue weighted by Crippen LogP contribution is -2.10. The molecule has 0 saturated carbocycles. The quantitative estimate of drug-likeness (QED) is 0.865. The molecule has 1 aromatic carbocycles. The van der Waals surface area contributed by atoms with E-state index in [0.29, 0.717) is 0 Å². The minimum absolute atomic E-state index is 0.0539. The zero-order chi connectivity index (χ0) is 14.0. The number of rotatable bonds is 4. The van der Waals surface area contributed by atoms with Gasteiger partial charge in [0.05, 0.1) is 23.6 Å². The molecule has 102 valence electrons. The minimum Gasteiger partial charge on any atom is -0.323 e. The largest absolute Gasteiger partial charge is 0.323 e. The molecule has 2 N–H and O–H groups in total. The van der Waals surface area contributed by atoms with E-state index in [1.165, 1.54) is 5.56 Å². The Morgan fingerprint density at radius 1 is 1.32 bits per heavy atom. The van der Waals surface area contributed by atoms with Crippen molar-refractivity contribution in [3.05, 3.63) is 38.5 Å². The van der Waals surface area contributed by atoms with Gasteiger partial charge in [-0.1, -0.05) is 18.6 Å². The van der Waals surface area contributed by atoms with Crippen LogP contribution < -0.4 is 5.73 Å². The number of nitrogens with zero attached hydrogens (tertiary/aromatic N) is 3. The van der Waals surface area contributed by atoms with Crippen molar-refractivity contribution in [3.63, 3.8) is 0 Å². The third-order valence-corrected chi connectivity index (χ3v) is 4.09. The highest BCUT2D eigenvalue weighted by Crippen LogP contribution is 2.30. The van der Waals surface area contributed by atoms with Gasteiger partial charge in [-0.25, -0.2) is 4.68 Å². The number of halogens is 2. The van der Waals surface area contributed by atoms with E-state index in [4.69, 9.17) is 5.73 Å². The summed E-state index contributed by atoms with van der Waals surface area (Å²) in [6.45, 7) is 4.15. The number of aromatic nitrogens is 3. The predicted octanol–water partition coefficient (Wildman–Crippen LogP) is 3.90. The Hall–Kier alpha value is -0.720. The smallest absolute Gasteiger partial charge is 0.0998 e. The summed E-state index contributed by atoms with van der Waals surface area (Å²) in [5.41, 5.74) is 8.99. The zero-order valence-corrected chi connectivity index (χ0v) is 14.1. The van der Waals surface area contributed by atoms with E-state index in [1.54, 1.807) is 4.68 Å². The standard InChI is InChI=1S/C13H16Br2N4/c1-3-4-11(16)12-7-19(18-17-12)13-9(14)5-8(2)6-10(13)15/h5-7,11H,3-4,16H2,1-2H3. The summed E-state index contributed by atoms with van der Waals surface area (Å²) in [4.78, 5) is 0. The highest BCUT2D eigenvalue weighted by Gasteiger charge is 2.14. The molecule has 1 heterocycles. The van der Waals surface area contributed by atoms with Gasteiger partial charge in [-0.15, -0.1) is 5.10 Å². The Morgan fingerprint density at radius 3 is 2.53 bits per heavy atom. The maximum Gasteiger partial charge on any atom is 0.0998 e. The molecular formula is C13H16Br2N4. The van der Waals surface area contributed by atoms with Gasteiger partial charge in [-0.3, -0.25) is 0 Å². The van der Waals surface area contributed by atoms with Crippen LogP contribution >= 0.6 is 31.9 Å². The van der Waals surface area contributed by atoms with Crippen LogP contribution in [0.4, 0.5) is 0 Å². The molecule has 0 aliphatic carbocycles. The van der Waals surface area contributed by atoms with Crippen LogP contribution in [0.5, 0.6) is 0 Å². The van der Waals surface area contributed by atoms with Gasteiger partial charge in [-0.05, 0) is 62.9 Å². The number of hydrogen-bond acceptors (Lipinski definition) is 3. The summed E-state index contributed by atoms with van der Waals surface area (Å²) >= 11 is 7.12. The first-order chi connectivity index (χ1) is 9.02. The molecule has 0 bridgehead atoms. The third kappa shape index (κ3) is 3.24. The first kappa shape index (κ1) is 14.7. The molecule has 0 aliphatic heterocycles. The van der Waals surface area contributed by atoms with Crippen molar-refractivity contribution in [2.75, 3.05) is 0 Å². The Balaban J connectivity index is 2.38. The lowest BCUT2D eigenvalue weighted by Gasteiger charge is -2.08. The van der Waals surface area contributed by atoms with Crippen LogP contribution in [0, 0.1) is 6.92 Å². The molecular weight excluding hydrogens is 372 g/mol. The summed E-state index contributed by atoms with van der Waals surface area (Å²) in [6.07, 6.45) is 3.83. The monoisotopic (exact) mass is 386 g/mol. The fourth-order valence-electron chi connectivity index (χ4n) is 1.93. The Kier molecular flexibility index (Phi) is 4.76. The molecule has 2 aromatic rings. The van der Waals surface area contributed by atoms with Crippen molar-refractivity contribution in [1.29, 1.82) is 0 Å². The molecule has 1 unspecified atom stereocenters. The van der Waals surface area contributed by atoms with Crippen molar-refractivity contribution in [1.82, 2.24) is 15.0 Å². The summed E-state index contributed by atoms with van der Waals surface area (Å²) < 4.78 is 3.69. The van der Waals surface area contributed by atoms with Crippen LogP contribution in [0.1, 0.15) is 37.1 Å². The average Bonchev–Trinajstić information content (AvgIpc) is 2.77. The average molecular weight is 388 g/mol. The van der Waals surface area contributed by atoms with Crippen LogP contribution in [0.2, 0.25) is 0 Å². The molecule has 4 nitrogen and oxygen atoms in total. The van der Waals surface area contributed by atoms with Gasteiger partial charge in [0.25, 0.3) is 0 Å². The van der Waals surface area contributed by atoms with Gasteiger partial charge in [0.15, 0.2) is 0 Å². The van der Waals surface area contributed by atoms with Crippen LogP contribution in [-0.4, -0.2) is 15.0 Å². The second-order valence-corrected chi connectivity index (χ2v) is 6.27. The van der Waals surface area contributed by atoms with Gasteiger partial charge >= 0.3 is 0 Å². The van der Waals surface area contributed by atoms with Gasteiger partial charge in [0.2, 0.25) is 0 Å². The zero-order valence-electron chi connectivity index (χ0n) is 10.9. The van der Waals surface area contributed by atoms with Crippen molar-refractivity contribution in [2.45, 2.75) is 32.7 Å². The fourth-order valence-corrected chi connectivity index (χ4v) is 3.70. The molecule has 2 rings (SSSR count). The lowest BCUT2D eigenvalue weighted by atomic mass is 10.1. The molecule has 1 atom stereocenters. The number of benzene rings is 1. The second kappa shape index (κ2) is 6.15. The van der Waals surface area contributed by atoms with Crippen LogP contribution in [0.15, 0.2) is 27.3 Å². The molecule has 6 heteroatoms. The van der Waals surface area contributed by atoms with E-state index in [1.807, 2.05) is 25.3 Å². The van der Waals surface area contributed by atoms with Crippen molar-refractivity contribution in [3.8, 4) is 5.69 Å². The molecule has 0 amide bonds. The normalized spacial score (nSPS) is 12.7. The van der Waals surface area contributed by atoms with Gasteiger partial charge in [0.1, 0.15) is 0 Å². The summed E-state index contributed by atoms with van der Waals surface area (Å²) in [7, 11) is 0. The minimum atomic E-state index is -0.0539. The van der Waals surface area contributed by atoms with E-state index >= 15 is 0 Å². The first-order valence-corrected chi connectivity index (χ1v) is 7.75. The molecule has 1 aromatic heterocycles. The summed E-state index contributed by atoms with van der Waals surface area (Å²) in [5, 5.41) is 8.33. The van der Waals surface area contributed by atoms with Crippen LogP contribution in [0.25, 0.3) is 5.69 Å². The van der Waals surface area contributed by atoms with Crippen molar-refractivity contribution >= 4 is 31.9 Å². The van der Waals surface area contributed by atoms with Crippen LogP contribution in [0.3, 0.4) is 0 Å². The third-order valence-electron chi connectivity index (χ3n) is 2.88. The Morgan fingerprint density at radius 2 is 1.95 bits per heavy atom. The lowest BCUT2D eigenvalue weighted by molar-refractivity contribution is 0.619. The molecule has 0 radical (unpaired) electrons. The Bertz CT molecular complexity index is 557. The Labute approximate surface area is 129 Å². The van der Waals surface area contributed by atoms with Gasteiger partial charge in [-0.2, -0.15) is 0 Å². The second-order valence-electron chi connectivity index (χ2n) is 4.56. The first-order valence-electron chi connectivity index (χ1n) is 6.16. The van der Waals surface area contributed by atoms with E-state index in [2.05, 4.69) is 49.1 Å². The maximum absolute atomic E-state index is 6.06. The van der Waals surface area contributed by atoms with Crippen LogP contribution in [-0.2, 0) is 0 Å². The van der Waals surface area contributed by atoms with Gasteiger partial charge < -0.3 is 5.73 Å². The van der Waals surface area contributed by atoms with Crippen molar-refractivity contribution in [2.24, 2.45) is 5.73 Å². The van der Waals surface area contributed by atoms with E-state index in [0.717, 1.165) is 33.2 Å². The summed E-state index contributed by atoms with van der Waals surface area (Å²) in [5.74, 6) is 0. The molecule has 0 fully saturated rings. The number of hydrogen-bond donors (Lipinski definition) is 1.